The largest absolute Gasteiger partial charge is 0.497 e. The van der Waals surface area contributed by atoms with Crippen molar-refractivity contribution in [1.29, 1.82) is 0 Å². The number of carbonyl (C=O) groups excluding carboxylic acids is 1. The van der Waals surface area contributed by atoms with Gasteiger partial charge in [0, 0.05) is 12.6 Å². The summed E-state index contributed by atoms with van der Waals surface area (Å²) < 4.78 is 13.5. The van der Waals surface area contributed by atoms with Crippen molar-refractivity contribution in [2.45, 2.75) is 6.92 Å². The molecule has 0 aliphatic carbocycles. The van der Waals surface area contributed by atoms with E-state index in [1.807, 2.05) is 30.7 Å². The van der Waals surface area contributed by atoms with E-state index in [0.29, 0.717) is 16.1 Å². The summed E-state index contributed by atoms with van der Waals surface area (Å²) >= 11 is 1.48. The van der Waals surface area contributed by atoms with E-state index < -0.39 is 0 Å². The molecule has 0 aliphatic rings. The maximum atomic E-state index is 12.4. The summed E-state index contributed by atoms with van der Waals surface area (Å²) in [6, 6.07) is 10.9. The molecule has 0 radical (unpaired) electrons. The predicted octanol–water partition coefficient (Wildman–Crippen LogP) is 3.31. The predicted molar refractivity (Wildman–Crippen MR) is 95.0 cm³/mol. The minimum Gasteiger partial charge on any atom is -0.497 e. The van der Waals surface area contributed by atoms with Crippen molar-refractivity contribution in [1.82, 2.24) is 4.57 Å². The molecular formula is C18H18N2O3S. The number of aromatic nitrogens is 1. The molecule has 0 N–H and O–H groups in total. The third-order valence-corrected chi connectivity index (χ3v) is 5.13. The Morgan fingerprint density at radius 2 is 1.79 bits per heavy atom. The van der Waals surface area contributed by atoms with Crippen LogP contribution in [0.2, 0.25) is 0 Å². The summed E-state index contributed by atoms with van der Waals surface area (Å²) in [5.41, 5.74) is 2.60. The molecule has 0 unspecified atom stereocenters. The molecular weight excluding hydrogens is 324 g/mol. The van der Waals surface area contributed by atoms with E-state index >= 15 is 0 Å². The number of methoxy groups -OCH3 is 2. The number of hydrogen-bond acceptors (Lipinski definition) is 4. The highest BCUT2D eigenvalue weighted by Crippen LogP contribution is 2.29. The third-order valence-electron chi connectivity index (χ3n) is 3.86. The Labute approximate surface area is 143 Å². The monoisotopic (exact) mass is 342 g/mol. The highest BCUT2D eigenvalue weighted by molar-refractivity contribution is 7.16. The minimum absolute atomic E-state index is 0.281. The number of benzene rings is 2. The normalized spacial score (nSPS) is 11.8. The molecule has 0 bridgehead atoms. The van der Waals surface area contributed by atoms with E-state index in [0.717, 1.165) is 21.5 Å². The van der Waals surface area contributed by atoms with Crippen LogP contribution in [-0.2, 0) is 7.05 Å². The fourth-order valence-corrected chi connectivity index (χ4v) is 3.61. The van der Waals surface area contributed by atoms with Gasteiger partial charge in [0.1, 0.15) is 17.0 Å². The quantitative estimate of drug-likeness (QED) is 0.734. The van der Waals surface area contributed by atoms with Crippen LogP contribution in [0.1, 0.15) is 15.9 Å². The van der Waals surface area contributed by atoms with Gasteiger partial charge in [-0.15, -0.1) is 0 Å². The zero-order valence-corrected chi connectivity index (χ0v) is 14.8. The second kappa shape index (κ2) is 6.49. The molecule has 3 aromatic rings. The lowest BCUT2D eigenvalue weighted by atomic mass is 10.2. The second-order valence-electron chi connectivity index (χ2n) is 5.35. The summed E-state index contributed by atoms with van der Waals surface area (Å²) in [4.78, 5) is 17.4. The van der Waals surface area contributed by atoms with Crippen molar-refractivity contribution in [2.75, 3.05) is 14.2 Å². The molecule has 1 aromatic heterocycles. The number of rotatable bonds is 3. The van der Waals surface area contributed by atoms with Crippen molar-refractivity contribution in [3.63, 3.8) is 0 Å². The van der Waals surface area contributed by atoms with Gasteiger partial charge >= 0.3 is 0 Å². The highest BCUT2D eigenvalue weighted by Gasteiger charge is 2.12. The average Bonchev–Trinajstić information content (AvgIpc) is 2.93. The Morgan fingerprint density at radius 3 is 2.42 bits per heavy atom. The molecule has 3 rings (SSSR count). The van der Waals surface area contributed by atoms with Crippen LogP contribution in [-0.4, -0.2) is 24.7 Å². The first-order chi connectivity index (χ1) is 11.5. The summed E-state index contributed by atoms with van der Waals surface area (Å²) in [5.74, 6) is 1.20. The van der Waals surface area contributed by atoms with E-state index in [2.05, 4.69) is 4.99 Å². The number of thiazole rings is 1. The Kier molecular flexibility index (Phi) is 4.40. The van der Waals surface area contributed by atoms with E-state index in [1.165, 1.54) is 11.3 Å². The van der Waals surface area contributed by atoms with Crippen LogP contribution in [0.4, 0.5) is 0 Å². The van der Waals surface area contributed by atoms with Crippen molar-refractivity contribution in [3.8, 4) is 11.5 Å². The van der Waals surface area contributed by atoms with Crippen LogP contribution in [0.3, 0.4) is 0 Å². The number of fused-ring (bicyclic) bond motifs is 1. The van der Waals surface area contributed by atoms with Gasteiger partial charge in [-0.3, -0.25) is 4.79 Å². The van der Waals surface area contributed by atoms with Crippen molar-refractivity contribution in [3.05, 3.63) is 52.3 Å². The molecule has 0 aliphatic heterocycles. The van der Waals surface area contributed by atoms with Gasteiger partial charge < -0.3 is 14.0 Å². The topological polar surface area (TPSA) is 52.8 Å². The maximum Gasteiger partial charge on any atom is 0.279 e. The summed E-state index contributed by atoms with van der Waals surface area (Å²) in [6.45, 7) is 2.04. The molecule has 0 atom stereocenters. The van der Waals surface area contributed by atoms with Gasteiger partial charge in [0.25, 0.3) is 5.91 Å². The maximum absolute atomic E-state index is 12.4. The van der Waals surface area contributed by atoms with Gasteiger partial charge in [-0.2, -0.15) is 4.99 Å². The molecule has 6 heteroatoms. The van der Waals surface area contributed by atoms with Gasteiger partial charge in [-0.1, -0.05) is 17.4 Å². The summed E-state index contributed by atoms with van der Waals surface area (Å²) in [7, 11) is 5.12. The first kappa shape index (κ1) is 16.3. The van der Waals surface area contributed by atoms with Crippen LogP contribution in [0.5, 0.6) is 11.5 Å². The lowest BCUT2D eigenvalue weighted by molar-refractivity contribution is 0.0998. The fraction of sp³-hybridized carbons (Fsp3) is 0.222. The fourth-order valence-electron chi connectivity index (χ4n) is 2.50. The first-order valence-corrected chi connectivity index (χ1v) is 8.23. The number of aryl methyl sites for hydroxylation is 2. The minimum atomic E-state index is -0.281. The molecule has 0 spiro atoms. The van der Waals surface area contributed by atoms with Crippen molar-refractivity contribution >= 4 is 27.5 Å². The first-order valence-electron chi connectivity index (χ1n) is 7.41. The molecule has 5 nitrogen and oxygen atoms in total. The average molecular weight is 342 g/mol. The SMILES string of the molecule is COc1ccc(C(=O)N=c2sc3c(C)ccc(OC)c3n2C)cc1. The highest BCUT2D eigenvalue weighted by atomic mass is 32.1. The number of hydrogen-bond donors (Lipinski definition) is 0. The van der Waals surface area contributed by atoms with Gasteiger partial charge in [-0.25, -0.2) is 0 Å². The van der Waals surface area contributed by atoms with Crippen LogP contribution >= 0.6 is 11.3 Å². The second-order valence-corrected chi connectivity index (χ2v) is 6.33. The Balaban J connectivity index is 2.11. The third kappa shape index (κ3) is 2.80. The van der Waals surface area contributed by atoms with Crippen LogP contribution in [0.15, 0.2) is 41.4 Å². The van der Waals surface area contributed by atoms with Gasteiger partial charge in [0.2, 0.25) is 0 Å². The lowest BCUT2D eigenvalue weighted by Gasteiger charge is -2.05. The van der Waals surface area contributed by atoms with Gasteiger partial charge in [0.05, 0.1) is 18.9 Å². The standard InChI is InChI=1S/C18H18N2O3S/c1-11-5-10-14(23-4)15-16(11)24-18(20(15)2)19-17(21)12-6-8-13(22-3)9-7-12/h5-10H,1-4H3. The molecule has 2 aromatic carbocycles. The molecule has 0 fully saturated rings. The van der Waals surface area contributed by atoms with Crippen LogP contribution in [0.25, 0.3) is 10.2 Å². The Bertz CT molecular complexity index is 968. The van der Waals surface area contributed by atoms with Gasteiger partial charge in [0.15, 0.2) is 4.80 Å². The molecule has 1 amide bonds. The summed E-state index contributed by atoms with van der Waals surface area (Å²) in [5, 5.41) is 0. The molecule has 24 heavy (non-hydrogen) atoms. The lowest BCUT2D eigenvalue weighted by Crippen LogP contribution is -2.13. The smallest absolute Gasteiger partial charge is 0.279 e. The van der Waals surface area contributed by atoms with Crippen LogP contribution in [0, 0.1) is 6.92 Å². The van der Waals surface area contributed by atoms with Gasteiger partial charge in [-0.05, 0) is 42.8 Å². The molecule has 0 saturated carbocycles. The van der Waals surface area contributed by atoms with Crippen molar-refractivity contribution < 1.29 is 14.3 Å². The van der Waals surface area contributed by atoms with Crippen LogP contribution < -0.4 is 14.3 Å². The molecule has 1 heterocycles. The number of ether oxygens (including phenoxy) is 2. The van der Waals surface area contributed by atoms with E-state index in [4.69, 9.17) is 9.47 Å². The zero-order chi connectivity index (χ0) is 17.3. The Hall–Kier alpha value is -2.60. The van der Waals surface area contributed by atoms with E-state index in [1.54, 1.807) is 38.5 Å². The molecule has 0 saturated heterocycles. The summed E-state index contributed by atoms with van der Waals surface area (Å²) in [6.07, 6.45) is 0. The van der Waals surface area contributed by atoms with E-state index in [9.17, 15) is 4.79 Å². The number of carbonyl (C=O) groups is 1. The zero-order valence-electron chi connectivity index (χ0n) is 14.0. The number of nitrogens with zero attached hydrogens (tertiary/aromatic N) is 2. The van der Waals surface area contributed by atoms with E-state index in [-0.39, 0.29) is 5.91 Å². The van der Waals surface area contributed by atoms with Crippen molar-refractivity contribution in [2.24, 2.45) is 12.0 Å². The Morgan fingerprint density at radius 1 is 1.08 bits per heavy atom. The molecule has 124 valence electrons. The number of amides is 1.